The van der Waals surface area contributed by atoms with E-state index in [1.54, 1.807) is 40.0 Å². The molecule has 2 aromatic heterocycles. The molecule has 0 atom stereocenters. The Kier molecular flexibility index (Phi) is 4.18. The number of aromatic nitrogens is 2. The summed E-state index contributed by atoms with van der Waals surface area (Å²) in [7, 11) is -3.44. The normalized spacial score (nSPS) is 16.4. The van der Waals surface area contributed by atoms with Crippen molar-refractivity contribution in [3.63, 3.8) is 0 Å². The monoisotopic (exact) mass is 374 g/mol. The fraction of sp³-hybridized carbons (Fsp3) is 0.294. The van der Waals surface area contributed by atoms with Gasteiger partial charge in [0.05, 0.1) is 4.90 Å². The number of hydrogen-bond donors (Lipinski definition) is 0. The summed E-state index contributed by atoms with van der Waals surface area (Å²) in [5, 5.41) is 0.904. The molecule has 6 nitrogen and oxygen atoms in total. The highest BCUT2D eigenvalue weighted by Gasteiger charge is 2.29. The van der Waals surface area contributed by atoms with Crippen LogP contribution in [0.4, 0.5) is 5.13 Å². The van der Waals surface area contributed by atoms with Crippen LogP contribution in [-0.4, -0.2) is 48.9 Å². The molecule has 0 N–H and O–H groups in total. The number of thiazole rings is 1. The van der Waals surface area contributed by atoms with Gasteiger partial charge in [0, 0.05) is 32.4 Å². The van der Waals surface area contributed by atoms with Crippen LogP contribution in [0.15, 0.2) is 47.5 Å². The van der Waals surface area contributed by atoms with Crippen molar-refractivity contribution in [3.05, 3.63) is 48.2 Å². The number of pyridine rings is 1. The molecule has 130 valence electrons. The Bertz CT molecular complexity index is 975. The van der Waals surface area contributed by atoms with Gasteiger partial charge >= 0.3 is 0 Å². The van der Waals surface area contributed by atoms with E-state index in [9.17, 15) is 8.42 Å². The van der Waals surface area contributed by atoms with Crippen LogP contribution in [0, 0.1) is 6.92 Å². The van der Waals surface area contributed by atoms with E-state index in [1.165, 1.54) is 0 Å². The van der Waals surface area contributed by atoms with Crippen molar-refractivity contribution in [2.75, 3.05) is 31.1 Å². The molecule has 0 unspecified atom stereocenters. The third-order valence-corrected chi connectivity index (χ3v) is 7.23. The number of aryl methyl sites for hydroxylation is 1. The third kappa shape index (κ3) is 3.12. The molecule has 0 radical (unpaired) electrons. The minimum atomic E-state index is -3.44. The van der Waals surface area contributed by atoms with Gasteiger partial charge in [-0.3, -0.25) is 0 Å². The molecule has 1 aromatic carbocycles. The second-order valence-electron chi connectivity index (χ2n) is 6.03. The maximum absolute atomic E-state index is 12.8. The maximum atomic E-state index is 12.8. The first-order chi connectivity index (χ1) is 12.0. The van der Waals surface area contributed by atoms with Gasteiger partial charge in [-0.25, -0.2) is 18.4 Å². The number of anilines is 1. The summed E-state index contributed by atoms with van der Waals surface area (Å²) < 4.78 is 27.2. The zero-order chi connectivity index (χ0) is 17.4. The van der Waals surface area contributed by atoms with Gasteiger partial charge in [0.25, 0.3) is 0 Å². The summed E-state index contributed by atoms with van der Waals surface area (Å²) >= 11 is 1.55. The number of piperazine rings is 1. The Hall–Kier alpha value is -2.03. The third-order valence-electron chi connectivity index (χ3n) is 4.29. The van der Waals surface area contributed by atoms with Crippen LogP contribution in [0.3, 0.4) is 0 Å². The SMILES string of the molecule is Cc1cccc(S(=O)(=O)N2CCN(c3nc4cccnc4s3)CC2)c1. The quantitative estimate of drug-likeness (QED) is 0.705. The van der Waals surface area contributed by atoms with Crippen molar-refractivity contribution in [1.82, 2.24) is 14.3 Å². The zero-order valence-electron chi connectivity index (χ0n) is 13.8. The molecule has 25 heavy (non-hydrogen) atoms. The van der Waals surface area contributed by atoms with Crippen LogP contribution >= 0.6 is 11.3 Å². The van der Waals surface area contributed by atoms with Gasteiger partial charge in [-0.05, 0) is 36.8 Å². The van der Waals surface area contributed by atoms with Crippen molar-refractivity contribution in [3.8, 4) is 0 Å². The van der Waals surface area contributed by atoms with Gasteiger partial charge < -0.3 is 4.90 Å². The van der Waals surface area contributed by atoms with Crippen molar-refractivity contribution >= 4 is 36.8 Å². The van der Waals surface area contributed by atoms with Gasteiger partial charge in [-0.1, -0.05) is 23.5 Å². The molecule has 8 heteroatoms. The first-order valence-electron chi connectivity index (χ1n) is 8.07. The largest absolute Gasteiger partial charge is 0.345 e. The summed E-state index contributed by atoms with van der Waals surface area (Å²) in [5.41, 5.74) is 1.83. The predicted molar refractivity (Wildman–Crippen MR) is 99.6 cm³/mol. The molecular weight excluding hydrogens is 356 g/mol. The highest BCUT2D eigenvalue weighted by atomic mass is 32.2. The van der Waals surface area contributed by atoms with E-state index >= 15 is 0 Å². The lowest BCUT2D eigenvalue weighted by molar-refractivity contribution is 0.385. The Morgan fingerprint density at radius 2 is 1.88 bits per heavy atom. The van der Waals surface area contributed by atoms with E-state index in [2.05, 4.69) is 14.9 Å². The van der Waals surface area contributed by atoms with Crippen molar-refractivity contribution < 1.29 is 8.42 Å². The van der Waals surface area contributed by atoms with E-state index in [4.69, 9.17) is 0 Å². The zero-order valence-corrected chi connectivity index (χ0v) is 15.4. The van der Waals surface area contributed by atoms with Gasteiger partial charge in [0.1, 0.15) is 10.3 Å². The van der Waals surface area contributed by atoms with E-state index < -0.39 is 10.0 Å². The van der Waals surface area contributed by atoms with Crippen LogP contribution in [0.5, 0.6) is 0 Å². The lowest BCUT2D eigenvalue weighted by Crippen LogP contribution is -2.48. The first-order valence-corrected chi connectivity index (χ1v) is 10.3. The molecular formula is C17H18N4O2S2. The highest BCUT2D eigenvalue weighted by Crippen LogP contribution is 2.28. The van der Waals surface area contributed by atoms with Crippen LogP contribution in [-0.2, 0) is 10.0 Å². The van der Waals surface area contributed by atoms with Crippen molar-refractivity contribution in [2.24, 2.45) is 0 Å². The topological polar surface area (TPSA) is 66.4 Å². The van der Waals surface area contributed by atoms with Gasteiger partial charge in [0.2, 0.25) is 10.0 Å². The molecule has 1 aliphatic rings. The minimum absolute atomic E-state index is 0.366. The summed E-state index contributed by atoms with van der Waals surface area (Å²) in [5.74, 6) is 0. The molecule has 3 heterocycles. The Labute approximate surface area is 150 Å². The average molecular weight is 374 g/mol. The van der Waals surface area contributed by atoms with Crippen LogP contribution in [0.2, 0.25) is 0 Å². The average Bonchev–Trinajstić information content (AvgIpc) is 3.06. The summed E-state index contributed by atoms with van der Waals surface area (Å²) in [4.78, 5) is 12.3. The van der Waals surface area contributed by atoms with Gasteiger partial charge in [-0.15, -0.1) is 0 Å². The standard InChI is InChI=1S/C17H18N4O2S2/c1-13-4-2-5-14(12-13)25(22,23)21-10-8-20(9-11-21)17-19-15-6-3-7-18-16(15)24-17/h2-7,12H,8-11H2,1H3. The fourth-order valence-electron chi connectivity index (χ4n) is 2.94. The summed E-state index contributed by atoms with van der Waals surface area (Å²) in [6.45, 7) is 4.08. The second-order valence-corrected chi connectivity index (χ2v) is 8.93. The predicted octanol–water partition coefficient (Wildman–Crippen LogP) is 2.51. The van der Waals surface area contributed by atoms with Crippen LogP contribution in [0.25, 0.3) is 10.3 Å². The first kappa shape index (κ1) is 16.4. The Morgan fingerprint density at radius 3 is 2.60 bits per heavy atom. The summed E-state index contributed by atoms with van der Waals surface area (Å²) in [6.07, 6.45) is 1.76. The molecule has 3 aromatic rings. The number of hydrogen-bond acceptors (Lipinski definition) is 6. The van der Waals surface area contributed by atoms with Crippen LogP contribution in [0.1, 0.15) is 5.56 Å². The Morgan fingerprint density at radius 1 is 1.08 bits per heavy atom. The number of rotatable bonds is 3. The molecule has 0 saturated carbocycles. The lowest BCUT2D eigenvalue weighted by Gasteiger charge is -2.33. The summed E-state index contributed by atoms with van der Waals surface area (Å²) in [6, 6.07) is 10.9. The number of sulfonamides is 1. The van der Waals surface area contributed by atoms with Gasteiger partial charge in [-0.2, -0.15) is 4.31 Å². The van der Waals surface area contributed by atoms with Crippen molar-refractivity contribution in [1.29, 1.82) is 0 Å². The molecule has 1 saturated heterocycles. The number of benzene rings is 1. The fourth-order valence-corrected chi connectivity index (χ4v) is 5.43. The molecule has 0 spiro atoms. The van der Waals surface area contributed by atoms with E-state index in [-0.39, 0.29) is 0 Å². The van der Waals surface area contributed by atoms with E-state index in [0.717, 1.165) is 21.0 Å². The number of fused-ring (bicyclic) bond motifs is 1. The molecule has 0 amide bonds. The lowest BCUT2D eigenvalue weighted by atomic mass is 10.2. The maximum Gasteiger partial charge on any atom is 0.243 e. The molecule has 1 aliphatic heterocycles. The number of nitrogens with zero attached hydrogens (tertiary/aromatic N) is 4. The van der Waals surface area contributed by atoms with Crippen molar-refractivity contribution in [2.45, 2.75) is 11.8 Å². The minimum Gasteiger partial charge on any atom is -0.345 e. The van der Waals surface area contributed by atoms with E-state index in [1.807, 2.05) is 25.1 Å². The van der Waals surface area contributed by atoms with Crippen LogP contribution < -0.4 is 4.90 Å². The van der Waals surface area contributed by atoms with E-state index in [0.29, 0.717) is 31.1 Å². The molecule has 0 bridgehead atoms. The Balaban J connectivity index is 1.51. The van der Waals surface area contributed by atoms with Gasteiger partial charge in [0.15, 0.2) is 5.13 Å². The smallest absolute Gasteiger partial charge is 0.243 e. The second kappa shape index (κ2) is 6.36. The molecule has 1 fully saturated rings. The molecule has 4 rings (SSSR count). The molecule has 0 aliphatic carbocycles. The highest BCUT2D eigenvalue weighted by molar-refractivity contribution is 7.89.